The smallest absolute Gasteiger partial charge is 0.265 e. The van der Waals surface area contributed by atoms with Crippen LogP contribution in [0.25, 0.3) is 0 Å². The summed E-state index contributed by atoms with van der Waals surface area (Å²) >= 11 is 1.41. The number of likely N-dealkylation sites (N-methyl/N-ethyl adjacent to an activating group) is 1. The lowest BCUT2D eigenvalue weighted by atomic mass is 10.2. The monoisotopic (exact) mass is 295 g/mol. The van der Waals surface area contributed by atoms with E-state index in [2.05, 4.69) is 27.1 Å². The van der Waals surface area contributed by atoms with E-state index in [1.165, 1.54) is 24.2 Å². The molecule has 3 rings (SSSR count). The van der Waals surface area contributed by atoms with Crippen LogP contribution in [0, 0.1) is 0 Å². The van der Waals surface area contributed by atoms with Crippen molar-refractivity contribution in [3.8, 4) is 0 Å². The summed E-state index contributed by atoms with van der Waals surface area (Å²) in [6.45, 7) is 3.97. The van der Waals surface area contributed by atoms with E-state index in [9.17, 15) is 4.79 Å². The van der Waals surface area contributed by atoms with E-state index in [1.807, 2.05) is 0 Å². The second kappa shape index (κ2) is 5.57. The Balaban J connectivity index is 1.68. The molecule has 110 valence electrons. The van der Waals surface area contributed by atoms with Crippen molar-refractivity contribution in [1.29, 1.82) is 0 Å². The van der Waals surface area contributed by atoms with Gasteiger partial charge in [0.1, 0.15) is 10.7 Å². The van der Waals surface area contributed by atoms with Crippen LogP contribution < -0.4 is 16.0 Å². The van der Waals surface area contributed by atoms with Crippen molar-refractivity contribution in [2.24, 2.45) is 0 Å². The van der Waals surface area contributed by atoms with Crippen LogP contribution in [-0.2, 0) is 0 Å². The predicted octanol–water partition coefficient (Wildman–Crippen LogP) is 0.759. The van der Waals surface area contributed by atoms with Crippen molar-refractivity contribution >= 4 is 28.2 Å². The number of carbonyl (C=O) groups is 1. The summed E-state index contributed by atoms with van der Waals surface area (Å²) in [7, 11) is 2.07. The molecule has 0 radical (unpaired) electrons. The van der Waals surface area contributed by atoms with Gasteiger partial charge >= 0.3 is 0 Å². The predicted molar refractivity (Wildman–Crippen MR) is 81.3 cm³/mol. The van der Waals surface area contributed by atoms with E-state index in [0.29, 0.717) is 10.7 Å². The molecule has 1 amide bonds. The molecule has 6 nitrogen and oxygen atoms in total. The molecule has 20 heavy (non-hydrogen) atoms. The van der Waals surface area contributed by atoms with Gasteiger partial charge < -0.3 is 20.9 Å². The summed E-state index contributed by atoms with van der Waals surface area (Å²) in [6.07, 6.45) is 3.38. The van der Waals surface area contributed by atoms with Gasteiger partial charge in [-0.15, -0.1) is 0 Å². The first-order valence-corrected chi connectivity index (χ1v) is 7.96. The highest BCUT2D eigenvalue weighted by atomic mass is 32.1. The molecule has 2 saturated heterocycles. The number of nitrogens with one attached hydrogen (secondary N) is 1. The number of nitrogen functional groups attached to an aromatic ring is 1. The van der Waals surface area contributed by atoms with Gasteiger partial charge in [0.05, 0.1) is 0 Å². The molecule has 3 heterocycles. The summed E-state index contributed by atoms with van der Waals surface area (Å²) in [4.78, 5) is 21.6. The molecule has 0 aliphatic carbocycles. The van der Waals surface area contributed by atoms with Gasteiger partial charge in [0.25, 0.3) is 5.91 Å². The Morgan fingerprint density at radius 2 is 2.15 bits per heavy atom. The van der Waals surface area contributed by atoms with E-state index < -0.39 is 0 Å². The largest absolute Gasteiger partial charge is 0.382 e. The molecule has 0 saturated carbocycles. The molecule has 1 atom stereocenters. The Bertz CT molecular complexity index is 497. The van der Waals surface area contributed by atoms with Gasteiger partial charge in [-0.3, -0.25) is 4.79 Å². The first kappa shape index (κ1) is 13.6. The highest BCUT2D eigenvalue weighted by molar-refractivity contribution is 7.18. The molecule has 1 aromatic heterocycles. The summed E-state index contributed by atoms with van der Waals surface area (Å²) in [6, 6.07) is 0.226. The van der Waals surface area contributed by atoms with Crippen molar-refractivity contribution in [3.05, 3.63) is 4.88 Å². The van der Waals surface area contributed by atoms with Gasteiger partial charge in [-0.2, -0.15) is 0 Å². The molecule has 1 unspecified atom stereocenters. The molecule has 7 heteroatoms. The summed E-state index contributed by atoms with van der Waals surface area (Å²) in [5.41, 5.74) is 5.91. The second-order valence-corrected chi connectivity index (χ2v) is 6.60. The number of hydrogen-bond acceptors (Lipinski definition) is 6. The molecule has 2 aliphatic heterocycles. The molecule has 2 aliphatic rings. The Morgan fingerprint density at radius 1 is 1.40 bits per heavy atom. The van der Waals surface area contributed by atoms with Crippen LogP contribution in [0.2, 0.25) is 0 Å². The Morgan fingerprint density at radius 3 is 2.80 bits per heavy atom. The lowest BCUT2D eigenvalue weighted by Crippen LogP contribution is -2.36. The minimum atomic E-state index is -0.0780. The van der Waals surface area contributed by atoms with Crippen LogP contribution in [0.5, 0.6) is 0 Å². The minimum absolute atomic E-state index is 0.0780. The summed E-state index contributed by atoms with van der Waals surface area (Å²) in [5, 5.41) is 3.94. The van der Waals surface area contributed by atoms with Crippen LogP contribution in [0.1, 0.15) is 28.9 Å². The molecular weight excluding hydrogens is 274 g/mol. The summed E-state index contributed by atoms with van der Waals surface area (Å²) < 4.78 is 0. The average molecular weight is 295 g/mol. The zero-order chi connectivity index (χ0) is 14.1. The quantitative estimate of drug-likeness (QED) is 0.861. The fourth-order valence-electron chi connectivity index (χ4n) is 2.83. The first-order chi connectivity index (χ1) is 9.63. The van der Waals surface area contributed by atoms with Gasteiger partial charge in [-0.1, -0.05) is 11.3 Å². The topological polar surface area (TPSA) is 74.5 Å². The number of nitrogens with zero attached hydrogens (tertiary/aromatic N) is 3. The molecule has 0 spiro atoms. The zero-order valence-corrected chi connectivity index (χ0v) is 12.6. The van der Waals surface area contributed by atoms with Crippen LogP contribution in [0.4, 0.5) is 10.9 Å². The van der Waals surface area contributed by atoms with E-state index in [1.54, 1.807) is 0 Å². The lowest BCUT2D eigenvalue weighted by Gasteiger charge is -2.12. The Labute approximate surface area is 123 Å². The Hall–Kier alpha value is -1.34. The first-order valence-electron chi connectivity index (χ1n) is 7.14. The second-order valence-electron chi connectivity index (χ2n) is 5.63. The Kier molecular flexibility index (Phi) is 3.80. The maximum absolute atomic E-state index is 12.3. The number of rotatable bonds is 3. The number of thiazole rings is 1. The molecule has 0 bridgehead atoms. The number of carbonyl (C=O) groups excluding carboxylic acids is 1. The lowest BCUT2D eigenvalue weighted by molar-refractivity contribution is 0.0943. The fourth-order valence-corrected chi connectivity index (χ4v) is 3.77. The normalized spacial score (nSPS) is 23.4. The van der Waals surface area contributed by atoms with Crippen LogP contribution in [-0.4, -0.2) is 55.1 Å². The van der Waals surface area contributed by atoms with Gasteiger partial charge in [0.15, 0.2) is 5.13 Å². The molecular formula is C13H21N5OS. The van der Waals surface area contributed by atoms with Gasteiger partial charge in [0.2, 0.25) is 0 Å². The fraction of sp³-hybridized carbons (Fsp3) is 0.692. The number of nitrogens with two attached hydrogens (primary N) is 1. The van der Waals surface area contributed by atoms with Gasteiger partial charge in [0, 0.05) is 25.7 Å². The van der Waals surface area contributed by atoms with Crippen molar-refractivity contribution < 1.29 is 4.79 Å². The van der Waals surface area contributed by atoms with E-state index >= 15 is 0 Å². The summed E-state index contributed by atoms with van der Waals surface area (Å²) in [5.74, 6) is 0.284. The van der Waals surface area contributed by atoms with Crippen LogP contribution in [0.15, 0.2) is 0 Å². The maximum atomic E-state index is 12.3. The van der Waals surface area contributed by atoms with Crippen molar-refractivity contribution in [3.63, 3.8) is 0 Å². The highest BCUT2D eigenvalue weighted by Gasteiger charge is 2.25. The number of hydrogen-bond donors (Lipinski definition) is 2. The zero-order valence-electron chi connectivity index (χ0n) is 11.8. The minimum Gasteiger partial charge on any atom is -0.382 e. The SMILES string of the molecule is CN1CCC(NC(=O)c2sc(N3CCCC3)nc2N)C1. The van der Waals surface area contributed by atoms with E-state index in [4.69, 9.17) is 5.73 Å². The number of anilines is 2. The van der Waals surface area contributed by atoms with Crippen LogP contribution >= 0.6 is 11.3 Å². The molecule has 0 aromatic carbocycles. The van der Waals surface area contributed by atoms with E-state index in [-0.39, 0.29) is 11.9 Å². The third-order valence-corrected chi connectivity index (χ3v) is 5.08. The number of amides is 1. The highest BCUT2D eigenvalue weighted by Crippen LogP contribution is 2.30. The number of aromatic nitrogens is 1. The van der Waals surface area contributed by atoms with Gasteiger partial charge in [-0.25, -0.2) is 4.98 Å². The third-order valence-electron chi connectivity index (χ3n) is 3.95. The number of likely N-dealkylation sites (tertiary alicyclic amines) is 1. The average Bonchev–Trinajstić information content (AvgIpc) is 3.09. The van der Waals surface area contributed by atoms with E-state index in [0.717, 1.165) is 37.7 Å². The molecule has 3 N–H and O–H groups in total. The standard InChI is InChI=1S/C13H21N5OS/c1-17-7-4-9(8-17)15-12(19)10-11(14)16-13(20-10)18-5-2-3-6-18/h9H,2-8,14H2,1H3,(H,15,19). The van der Waals surface area contributed by atoms with Crippen molar-refractivity contribution in [2.75, 3.05) is 43.9 Å². The maximum Gasteiger partial charge on any atom is 0.265 e. The molecule has 1 aromatic rings. The molecule has 2 fully saturated rings. The van der Waals surface area contributed by atoms with Crippen molar-refractivity contribution in [2.45, 2.75) is 25.3 Å². The van der Waals surface area contributed by atoms with Crippen LogP contribution in [0.3, 0.4) is 0 Å². The van der Waals surface area contributed by atoms with Crippen molar-refractivity contribution in [1.82, 2.24) is 15.2 Å². The van der Waals surface area contributed by atoms with Gasteiger partial charge in [-0.05, 0) is 32.9 Å². The third kappa shape index (κ3) is 2.73.